The minimum atomic E-state index is -3.88. The fourth-order valence-electron chi connectivity index (χ4n) is 2.66. The van der Waals surface area contributed by atoms with Gasteiger partial charge in [0.15, 0.2) is 0 Å². The first-order valence-electron chi connectivity index (χ1n) is 6.77. The molecule has 1 unspecified atom stereocenters. The van der Waals surface area contributed by atoms with Crippen LogP contribution in [0.1, 0.15) is 18.9 Å². The van der Waals surface area contributed by atoms with Gasteiger partial charge in [-0.1, -0.05) is 6.07 Å². The molecule has 0 aromatic heterocycles. The highest BCUT2D eigenvalue weighted by Gasteiger charge is 2.33. The van der Waals surface area contributed by atoms with Gasteiger partial charge < -0.3 is 4.90 Å². The molecule has 0 spiro atoms. The maximum absolute atomic E-state index is 13.7. The first-order chi connectivity index (χ1) is 9.87. The summed E-state index contributed by atoms with van der Waals surface area (Å²) >= 11 is 0. The highest BCUT2D eigenvalue weighted by atomic mass is 32.2. The van der Waals surface area contributed by atoms with Crippen molar-refractivity contribution >= 4 is 10.0 Å². The summed E-state index contributed by atoms with van der Waals surface area (Å²) in [5, 5.41) is 9.04. The van der Waals surface area contributed by atoms with Crippen molar-refractivity contribution in [2.24, 2.45) is 0 Å². The second kappa shape index (κ2) is 6.10. The van der Waals surface area contributed by atoms with Crippen molar-refractivity contribution < 1.29 is 12.8 Å². The molecule has 1 saturated heterocycles. The second-order valence-electron chi connectivity index (χ2n) is 5.31. The predicted octanol–water partition coefficient (Wildman–Crippen LogP) is 1.41. The molecule has 1 heterocycles. The van der Waals surface area contributed by atoms with Crippen LogP contribution in [0.25, 0.3) is 0 Å². The lowest BCUT2D eigenvalue weighted by atomic mass is 10.2. The molecule has 0 amide bonds. The fraction of sp³-hybridized carbons (Fsp3) is 0.500. The summed E-state index contributed by atoms with van der Waals surface area (Å²) < 4.78 is 40.6. The Labute approximate surface area is 124 Å². The van der Waals surface area contributed by atoms with E-state index < -0.39 is 21.4 Å². The first kappa shape index (κ1) is 15.9. The van der Waals surface area contributed by atoms with Gasteiger partial charge in [0.2, 0.25) is 10.0 Å². The summed E-state index contributed by atoms with van der Waals surface area (Å²) in [6, 6.07) is 5.13. The van der Waals surface area contributed by atoms with E-state index in [-0.39, 0.29) is 10.9 Å². The predicted molar refractivity (Wildman–Crippen MR) is 76.6 cm³/mol. The molecular formula is C14H18FN3O2S. The monoisotopic (exact) mass is 311 g/mol. The van der Waals surface area contributed by atoms with Gasteiger partial charge in [-0.25, -0.2) is 12.8 Å². The Hall–Kier alpha value is -1.49. The number of halogens is 1. The normalized spacial score (nSPS) is 21.7. The zero-order chi connectivity index (χ0) is 15.6. The van der Waals surface area contributed by atoms with E-state index in [1.165, 1.54) is 16.4 Å². The SMILES string of the molecule is CC1CN(C)CCCN1S(=O)(=O)c1cccc(F)c1C#N. The van der Waals surface area contributed by atoms with Gasteiger partial charge >= 0.3 is 0 Å². The average Bonchev–Trinajstić information content (AvgIpc) is 2.59. The lowest BCUT2D eigenvalue weighted by Crippen LogP contribution is -2.42. The van der Waals surface area contributed by atoms with E-state index >= 15 is 0 Å². The number of nitriles is 1. The number of nitrogens with zero attached hydrogens (tertiary/aromatic N) is 3. The highest BCUT2D eigenvalue weighted by molar-refractivity contribution is 7.89. The molecule has 0 aliphatic carbocycles. The highest BCUT2D eigenvalue weighted by Crippen LogP contribution is 2.25. The summed E-state index contributed by atoms with van der Waals surface area (Å²) in [7, 11) is -1.94. The molecule has 1 atom stereocenters. The summed E-state index contributed by atoms with van der Waals surface area (Å²) in [5.41, 5.74) is -0.415. The van der Waals surface area contributed by atoms with Crippen LogP contribution in [-0.4, -0.2) is 50.3 Å². The van der Waals surface area contributed by atoms with Crippen molar-refractivity contribution in [2.75, 3.05) is 26.7 Å². The van der Waals surface area contributed by atoms with Gasteiger partial charge in [0.1, 0.15) is 22.3 Å². The van der Waals surface area contributed by atoms with Gasteiger partial charge in [0, 0.05) is 19.1 Å². The van der Waals surface area contributed by atoms with Crippen LogP contribution in [0, 0.1) is 17.1 Å². The Morgan fingerprint density at radius 1 is 1.38 bits per heavy atom. The number of likely N-dealkylation sites (N-methyl/N-ethyl adjacent to an activating group) is 1. The Morgan fingerprint density at radius 2 is 2.10 bits per heavy atom. The van der Waals surface area contributed by atoms with Crippen LogP contribution in [0.4, 0.5) is 4.39 Å². The standard InChI is InChI=1S/C14H18FN3O2S/c1-11-10-17(2)7-4-8-18(11)21(19,20)14-6-3-5-13(15)12(14)9-16/h3,5-6,11H,4,7-8,10H2,1-2H3. The lowest BCUT2D eigenvalue weighted by Gasteiger charge is -2.27. The third-order valence-corrected chi connectivity index (χ3v) is 5.72. The maximum atomic E-state index is 13.7. The Balaban J connectivity index is 2.47. The number of rotatable bonds is 2. The molecule has 1 fully saturated rings. The lowest BCUT2D eigenvalue weighted by molar-refractivity contribution is 0.290. The van der Waals surface area contributed by atoms with E-state index in [1.54, 1.807) is 6.07 Å². The molecule has 114 valence electrons. The fourth-order valence-corrected chi connectivity index (χ4v) is 4.48. The van der Waals surface area contributed by atoms with Gasteiger partial charge in [0.05, 0.1) is 0 Å². The van der Waals surface area contributed by atoms with Crippen LogP contribution in [-0.2, 0) is 10.0 Å². The molecular weight excluding hydrogens is 293 g/mol. The number of sulfonamides is 1. The van der Waals surface area contributed by atoms with E-state index in [1.807, 2.05) is 14.0 Å². The zero-order valence-corrected chi connectivity index (χ0v) is 12.9. The van der Waals surface area contributed by atoms with Crippen LogP contribution < -0.4 is 0 Å². The van der Waals surface area contributed by atoms with Crippen molar-refractivity contribution in [1.29, 1.82) is 5.26 Å². The minimum absolute atomic E-state index is 0.225. The third-order valence-electron chi connectivity index (χ3n) is 3.66. The van der Waals surface area contributed by atoms with Gasteiger partial charge in [-0.2, -0.15) is 9.57 Å². The van der Waals surface area contributed by atoms with E-state index in [4.69, 9.17) is 5.26 Å². The van der Waals surface area contributed by atoms with Crippen LogP contribution in [0.15, 0.2) is 23.1 Å². The molecule has 1 aromatic rings. The first-order valence-corrected chi connectivity index (χ1v) is 8.21. The van der Waals surface area contributed by atoms with E-state index in [2.05, 4.69) is 4.90 Å². The molecule has 1 aliphatic rings. The van der Waals surface area contributed by atoms with Crippen LogP contribution >= 0.6 is 0 Å². The van der Waals surface area contributed by atoms with Crippen molar-refractivity contribution in [1.82, 2.24) is 9.21 Å². The van der Waals surface area contributed by atoms with Crippen LogP contribution in [0.3, 0.4) is 0 Å². The largest absolute Gasteiger partial charge is 0.305 e. The van der Waals surface area contributed by atoms with Crippen molar-refractivity contribution in [3.8, 4) is 6.07 Å². The number of benzene rings is 1. The Bertz CT molecular complexity index is 669. The van der Waals surface area contributed by atoms with Crippen LogP contribution in [0.5, 0.6) is 0 Å². The van der Waals surface area contributed by atoms with Gasteiger partial charge in [-0.15, -0.1) is 0 Å². The zero-order valence-electron chi connectivity index (χ0n) is 12.1. The topological polar surface area (TPSA) is 64.4 Å². The molecule has 7 heteroatoms. The van der Waals surface area contributed by atoms with Gasteiger partial charge in [0.25, 0.3) is 0 Å². The molecule has 0 N–H and O–H groups in total. The number of hydrogen-bond donors (Lipinski definition) is 0. The van der Waals surface area contributed by atoms with Gasteiger partial charge in [-0.05, 0) is 39.1 Å². The summed E-state index contributed by atoms with van der Waals surface area (Å²) in [4.78, 5) is 1.82. The third kappa shape index (κ3) is 3.07. The minimum Gasteiger partial charge on any atom is -0.305 e. The van der Waals surface area contributed by atoms with E-state index in [0.717, 1.165) is 12.6 Å². The molecule has 0 radical (unpaired) electrons. The molecule has 5 nitrogen and oxygen atoms in total. The Morgan fingerprint density at radius 3 is 2.76 bits per heavy atom. The average molecular weight is 311 g/mol. The van der Waals surface area contributed by atoms with Gasteiger partial charge in [-0.3, -0.25) is 0 Å². The van der Waals surface area contributed by atoms with E-state index in [0.29, 0.717) is 19.5 Å². The summed E-state index contributed by atoms with van der Waals surface area (Å²) in [5.74, 6) is -0.807. The van der Waals surface area contributed by atoms with Crippen molar-refractivity contribution in [2.45, 2.75) is 24.3 Å². The van der Waals surface area contributed by atoms with Crippen molar-refractivity contribution in [3.05, 3.63) is 29.6 Å². The maximum Gasteiger partial charge on any atom is 0.244 e. The molecule has 21 heavy (non-hydrogen) atoms. The molecule has 2 rings (SSSR count). The molecule has 0 saturated carbocycles. The molecule has 1 aliphatic heterocycles. The van der Waals surface area contributed by atoms with Crippen LogP contribution in [0.2, 0.25) is 0 Å². The number of hydrogen-bond acceptors (Lipinski definition) is 4. The van der Waals surface area contributed by atoms with E-state index in [9.17, 15) is 12.8 Å². The van der Waals surface area contributed by atoms with Crippen molar-refractivity contribution in [3.63, 3.8) is 0 Å². The molecule has 0 bridgehead atoms. The summed E-state index contributed by atoms with van der Waals surface area (Å²) in [6.45, 7) is 3.61. The summed E-state index contributed by atoms with van der Waals surface area (Å²) in [6.07, 6.45) is 0.706. The smallest absolute Gasteiger partial charge is 0.244 e. The molecule has 1 aromatic carbocycles. The second-order valence-corrected chi connectivity index (χ2v) is 7.16. The Kier molecular flexibility index (Phi) is 4.61. The quantitative estimate of drug-likeness (QED) is 0.828.